The minimum Gasteiger partial charge on any atom is -0.454 e. The van der Waals surface area contributed by atoms with Crippen LogP contribution < -0.4 is 19.9 Å². The second kappa shape index (κ2) is 4.31. The number of anilines is 1. The van der Waals surface area contributed by atoms with Crippen LogP contribution in [0.4, 0.5) is 5.69 Å². The average Bonchev–Trinajstić information content (AvgIpc) is 2.81. The molecule has 2 aromatic rings. The van der Waals surface area contributed by atoms with Gasteiger partial charge < -0.3 is 19.9 Å². The molecule has 0 saturated carbocycles. The zero-order chi connectivity index (χ0) is 12.5. The van der Waals surface area contributed by atoms with Crippen molar-refractivity contribution >= 4 is 17.3 Å². The van der Waals surface area contributed by atoms with Gasteiger partial charge in [-0.1, -0.05) is 17.7 Å². The predicted octanol–water partition coefficient (Wildman–Crippen LogP) is 3.44. The van der Waals surface area contributed by atoms with Gasteiger partial charge in [-0.2, -0.15) is 0 Å². The van der Waals surface area contributed by atoms with Crippen molar-refractivity contribution in [1.29, 1.82) is 0 Å². The maximum absolute atomic E-state index is 6.04. The number of halogens is 1. The summed E-state index contributed by atoms with van der Waals surface area (Å²) in [5, 5.41) is 0.465. The summed E-state index contributed by atoms with van der Waals surface area (Å²) < 4.78 is 16.2. The Hall–Kier alpha value is -2.07. The number of nitrogens with two attached hydrogens (primary N) is 1. The third-order valence-electron chi connectivity index (χ3n) is 2.56. The number of nitrogen functional groups attached to an aromatic ring is 1. The molecule has 0 amide bonds. The van der Waals surface area contributed by atoms with E-state index in [2.05, 4.69) is 0 Å². The van der Waals surface area contributed by atoms with Gasteiger partial charge in [-0.3, -0.25) is 0 Å². The fraction of sp³-hybridized carbons (Fsp3) is 0.0769. The molecule has 2 N–H and O–H groups in total. The van der Waals surface area contributed by atoms with Crippen LogP contribution in [-0.2, 0) is 0 Å². The van der Waals surface area contributed by atoms with Gasteiger partial charge in [-0.15, -0.1) is 0 Å². The number of rotatable bonds is 2. The number of fused-ring (bicyclic) bond motifs is 1. The molecule has 5 heteroatoms. The molecule has 2 aromatic carbocycles. The highest BCUT2D eigenvalue weighted by atomic mass is 35.5. The van der Waals surface area contributed by atoms with E-state index in [1.165, 1.54) is 0 Å². The first-order chi connectivity index (χ1) is 8.74. The molecule has 0 aromatic heterocycles. The second-order valence-corrected chi connectivity index (χ2v) is 4.18. The topological polar surface area (TPSA) is 53.7 Å². The Morgan fingerprint density at radius 2 is 1.94 bits per heavy atom. The highest BCUT2D eigenvalue weighted by molar-refractivity contribution is 6.32. The molecule has 1 heterocycles. The zero-order valence-corrected chi connectivity index (χ0v) is 10.1. The molecule has 0 aliphatic carbocycles. The lowest BCUT2D eigenvalue weighted by Gasteiger charge is -2.10. The Balaban J connectivity index is 1.93. The van der Waals surface area contributed by atoms with Gasteiger partial charge >= 0.3 is 0 Å². The van der Waals surface area contributed by atoms with Crippen LogP contribution in [0.15, 0.2) is 36.4 Å². The van der Waals surface area contributed by atoms with Gasteiger partial charge in [0.1, 0.15) is 5.75 Å². The number of hydrogen-bond donors (Lipinski definition) is 1. The van der Waals surface area contributed by atoms with Crippen molar-refractivity contribution < 1.29 is 14.2 Å². The highest BCUT2D eigenvalue weighted by Gasteiger charge is 2.15. The van der Waals surface area contributed by atoms with E-state index in [0.29, 0.717) is 33.7 Å². The summed E-state index contributed by atoms with van der Waals surface area (Å²) in [7, 11) is 0. The van der Waals surface area contributed by atoms with Crippen LogP contribution in [0.25, 0.3) is 0 Å². The van der Waals surface area contributed by atoms with Crippen molar-refractivity contribution in [3.05, 3.63) is 41.4 Å². The molecule has 1 aliphatic rings. The maximum atomic E-state index is 6.04. The quantitative estimate of drug-likeness (QED) is 0.843. The van der Waals surface area contributed by atoms with Gasteiger partial charge in [0.15, 0.2) is 17.2 Å². The number of para-hydroxylation sites is 1. The van der Waals surface area contributed by atoms with E-state index in [1.807, 2.05) is 0 Å². The van der Waals surface area contributed by atoms with Crippen LogP contribution in [0.3, 0.4) is 0 Å². The number of ether oxygens (including phenoxy) is 3. The van der Waals surface area contributed by atoms with E-state index >= 15 is 0 Å². The lowest BCUT2D eigenvalue weighted by Crippen LogP contribution is -1.93. The minimum absolute atomic E-state index is 0.229. The van der Waals surface area contributed by atoms with Gasteiger partial charge in [0.25, 0.3) is 0 Å². The molecular formula is C13H10ClNO3. The lowest BCUT2D eigenvalue weighted by molar-refractivity contribution is 0.174. The van der Waals surface area contributed by atoms with Gasteiger partial charge in [0.05, 0.1) is 10.7 Å². The second-order valence-electron chi connectivity index (χ2n) is 3.78. The first-order valence-electron chi connectivity index (χ1n) is 5.35. The van der Waals surface area contributed by atoms with Gasteiger partial charge in [-0.05, 0) is 24.3 Å². The summed E-state index contributed by atoms with van der Waals surface area (Å²) >= 11 is 6.04. The SMILES string of the molecule is Nc1cccc(Cl)c1Oc1ccc2c(c1)OCO2. The molecule has 18 heavy (non-hydrogen) atoms. The molecule has 0 spiro atoms. The van der Waals surface area contributed by atoms with Crippen molar-refractivity contribution in [2.75, 3.05) is 12.5 Å². The smallest absolute Gasteiger partial charge is 0.231 e. The number of hydrogen-bond acceptors (Lipinski definition) is 4. The highest BCUT2D eigenvalue weighted by Crippen LogP contribution is 2.39. The van der Waals surface area contributed by atoms with E-state index in [4.69, 9.17) is 31.5 Å². The molecule has 1 aliphatic heterocycles. The summed E-state index contributed by atoms with van der Waals surface area (Å²) in [5.74, 6) is 2.39. The fourth-order valence-corrected chi connectivity index (χ4v) is 1.91. The molecule has 3 rings (SSSR count). The first kappa shape index (κ1) is 11.0. The molecule has 0 unspecified atom stereocenters. The molecule has 0 fully saturated rings. The van der Waals surface area contributed by atoms with E-state index < -0.39 is 0 Å². The third-order valence-corrected chi connectivity index (χ3v) is 2.86. The Morgan fingerprint density at radius 1 is 1.11 bits per heavy atom. The lowest BCUT2D eigenvalue weighted by atomic mass is 10.3. The molecule has 4 nitrogen and oxygen atoms in total. The Labute approximate surface area is 109 Å². The van der Waals surface area contributed by atoms with Crippen molar-refractivity contribution in [2.45, 2.75) is 0 Å². The Kier molecular flexibility index (Phi) is 2.64. The monoisotopic (exact) mass is 263 g/mol. The normalized spacial score (nSPS) is 12.5. The van der Waals surface area contributed by atoms with Crippen LogP contribution in [0.5, 0.6) is 23.0 Å². The largest absolute Gasteiger partial charge is 0.454 e. The van der Waals surface area contributed by atoms with Crippen molar-refractivity contribution in [3.63, 3.8) is 0 Å². The summed E-state index contributed by atoms with van der Waals surface area (Å²) in [6.07, 6.45) is 0. The van der Waals surface area contributed by atoms with Crippen molar-refractivity contribution in [1.82, 2.24) is 0 Å². The average molecular weight is 264 g/mol. The molecule has 0 radical (unpaired) electrons. The molecule has 0 saturated heterocycles. The van der Waals surface area contributed by atoms with E-state index in [9.17, 15) is 0 Å². The summed E-state index contributed by atoms with van der Waals surface area (Å²) in [5.41, 5.74) is 6.30. The summed E-state index contributed by atoms with van der Waals surface area (Å²) in [6, 6.07) is 10.5. The van der Waals surface area contributed by atoms with Gasteiger partial charge in [0.2, 0.25) is 6.79 Å². The summed E-state index contributed by atoms with van der Waals surface area (Å²) in [6.45, 7) is 0.229. The van der Waals surface area contributed by atoms with Gasteiger partial charge in [-0.25, -0.2) is 0 Å². The van der Waals surface area contributed by atoms with Crippen LogP contribution in [0.2, 0.25) is 5.02 Å². The van der Waals surface area contributed by atoms with Crippen molar-refractivity contribution in [2.24, 2.45) is 0 Å². The molecule has 0 atom stereocenters. The molecule has 0 bridgehead atoms. The third kappa shape index (κ3) is 1.91. The fourth-order valence-electron chi connectivity index (χ4n) is 1.69. The minimum atomic E-state index is 0.229. The van der Waals surface area contributed by atoms with Gasteiger partial charge in [0, 0.05) is 6.07 Å². The van der Waals surface area contributed by atoms with E-state index in [-0.39, 0.29) is 6.79 Å². The van der Waals surface area contributed by atoms with Crippen LogP contribution in [-0.4, -0.2) is 6.79 Å². The number of benzene rings is 2. The van der Waals surface area contributed by atoms with E-state index in [1.54, 1.807) is 36.4 Å². The molecule has 92 valence electrons. The zero-order valence-electron chi connectivity index (χ0n) is 9.35. The van der Waals surface area contributed by atoms with Crippen LogP contribution in [0.1, 0.15) is 0 Å². The summed E-state index contributed by atoms with van der Waals surface area (Å²) in [4.78, 5) is 0. The van der Waals surface area contributed by atoms with Crippen molar-refractivity contribution in [3.8, 4) is 23.0 Å². The predicted molar refractivity (Wildman–Crippen MR) is 68.5 cm³/mol. The Bertz CT molecular complexity index is 581. The first-order valence-corrected chi connectivity index (χ1v) is 5.73. The molecular weight excluding hydrogens is 254 g/mol. The standard InChI is InChI=1S/C13H10ClNO3/c14-9-2-1-3-10(15)13(9)18-8-4-5-11-12(6-8)17-7-16-11/h1-6H,7,15H2. The van der Waals surface area contributed by atoms with E-state index in [0.717, 1.165) is 0 Å². The Morgan fingerprint density at radius 3 is 2.78 bits per heavy atom. The van der Waals surface area contributed by atoms with Crippen LogP contribution in [0, 0.1) is 0 Å². The maximum Gasteiger partial charge on any atom is 0.231 e. The van der Waals surface area contributed by atoms with Crippen LogP contribution >= 0.6 is 11.6 Å².